The molecule has 1 aliphatic carbocycles. The van der Waals surface area contributed by atoms with Crippen LogP contribution in [0, 0.1) is 10.1 Å². The van der Waals surface area contributed by atoms with Crippen molar-refractivity contribution in [3.63, 3.8) is 0 Å². The zero-order chi connectivity index (χ0) is 19.1. The van der Waals surface area contributed by atoms with Gasteiger partial charge in [0, 0.05) is 34.4 Å². The van der Waals surface area contributed by atoms with Gasteiger partial charge in [-0.2, -0.15) is 0 Å². The molecule has 1 aliphatic rings. The molecule has 0 aromatic heterocycles. The molecule has 6 nitrogen and oxygen atoms in total. The third-order valence-corrected chi connectivity index (χ3v) is 5.57. The van der Waals surface area contributed by atoms with Crippen molar-refractivity contribution < 1.29 is 9.72 Å². The zero-order valence-electron chi connectivity index (χ0n) is 15.0. The van der Waals surface area contributed by atoms with Crippen LogP contribution in [0.2, 0.25) is 0 Å². The normalized spacial score (nSPS) is 14.5. The quantitative estimate of drug-likeness (QED) is 0.395. The number of anilines is 2. The van der Waals surface area contributed by atoms with Crippen LogP contribution in [0.5, 0.6) is 0 Å². The SMILES string of the molecule is O=C(CSc1ccc([N+](=O)[O-])cc1)Nc1ccc(NC2CCCCC2)cc1. The fraction of sp³-hybridized carbons (Fsp3) is 0.350. The number of hydrogen-bond donors (Lipinski definition) is 2. The van der Waals surface area contributed by atoms with E-state index in [4.69, 9.17) is 0 Å². The summed E-state index contributed by atoms with van der Waals surface area (Å²) in [6.45, 7) is 0. The number of nitro benzene ring substituents is 1. The standard InChI is InChI=1S/C20H23N3O3S/c24-20(14-27-19-12-10-18(11-13-19)23(25)26)22-17-8-6-16(7-9-17)21-15-4-2-1-3-5-15/h6-13,15,21H,1-5,14H2,(H,22,24). The Balaban J connectivity index is 1.45. The molecule has 0 saturated heterocycles. The Morgan fingerprint density at radius 1 is 1.00 bits per heavy atom. The highest BCUT2D eigenvalue weighted by Gasteiger charge is 2.13. The smallest absolute Gasteiger partial charge is 0.269 e. The average molecular weight is 385 g/mol. The van der Waals surface area contributed by atoms with Crippen LogP contribution in [0.15, 0.2) is 53.4 Å². The molecule has 0 aliphatic heterocycles. The molecule has 0 atom stereocenters. The summed E-state index contributed by atoms with van der Waals surface area (Å²) in [5, 5.41) is 17.1. The van der Waals surface area contributed by atoms with Gasteiger partial charge >= 0.3 is 0 Å². The van der Waals surface area contributed by atoms with Crippen molar-refractivity contribution >= 4 is 34.7 Å². The first-order valence-corrected chi connectivity index (χ1v) is 10.1. The third kappa shape index (κ3) is 5.99. The number of carbonyl (C=O) groups is 1. The first-order valence-electron chi connectivity index (χ1n) is 9.14. The van der Waals surface area contributed by atoms with Crippen LogP contribution in [0.4, 0.5) is 17.1 Å². The summed E-state index contributed by atoms with van der Waals surface area (Å²) in [5.41, 5.74) is 1.89. The summed E-state index contributed by atoms with van der Waals surface area (Å²) in [6, 6.07) is 14.5. The molecule has 27 heavy (non-hydrogen) atoms. The predicted octanol–water partition coefficient (Wildman–Crippen LogP) is 5.07. The first-order chi connectivity index (χ1) is 13.1. The van der Waals surface area contributed by atoms with Gasteiger partial charge in [-0.05, 0) is 49.2 Å². The molecular weight excluding hydrogens is 362 g/mol. The van der Waals surface area contributed by atoms with Gasteiger partial charge in [0.2, 0.25) is 5.91 Å². The molecule has 1 saturated carbocycles. The maximum absolute atomic E-state index is 12.1. The first kappa shape index (κ1) is 19.2. The van der Waals surface area contributed by atoms with E-state index < -0.39 is 4.92 Å². The highest BCUT2D eigenvalue weighted by atomic mass is 32.2. The molecular formula is C20H23N3O3S. The lowest BCUT2D eigenvalue weighted by atomic mass is 9.95. The molecule has 2 N–H and O–H groups in total. The molecule has 142 valence electrons. The molecule has 2 aromatic carbocycles. The molecule has 0 unspecified atom stereocenters. The molecule has 0 spiro atoms. The Labute approximate surface area is 162 Å². The predicted molar refractivity (Wildman–Crippen MR) is 109 cm³/mol. The van der Waals surface area contributed by atoms with E-state index >= 15 is 0 Å². The second kappa shape index (κ2) is 9.41. The van der Waals surface area contributed by atoms with Crippen LogP contribution in [0.1, 0.15) is 32.1 Å². The fourth-order valence-corrected chi connectivity index (χ4v) is 3.84. The minimum Gasteiger partial charge on any atom is -0.382 e. The van der Waals surface area contributed by atoms with Gasteiger partial charge in [0.15, 0.2) is 0 Å². The number of hydrogen-bond acceptors (Lipinski definition) is 5. The van der Waals surface area contributed by atoms with Crippen molar-refractivity contribution in [2.75, 3.05) is 16.4 Å². The second-order valence-electron chi connectivity index (χ2n) is 6.64. The Morgan fingerprint density at radius 3 is 2.26 bits per heavy atom. The van der Waals surface area contributed by atoms with Crippen LogP contribution in [-0.2, 0) is 4.79 Å². The largest absolute Gasteiger partial charge is 0.382 e. The van der Waals surface area contributed by atoms with Crippen LogP contribution in [0.25, 0.3) is 0 Å². The number of nitrogens with zero attached hydrogens (tertiary/aromatic N) is 1. The Hall–Kier alpha value is -2.54. The number of benzene rings is 2. The number of amides is 1. The molecule has 0 heterocycles. The Morgan fingerprint density at radius 2 is 1.63 bits per heavy atom. The topological polar surface area (TPSA) is 84.3 Å². The highest BCUT2D eigenvalue weighted by molar-refractivity contribution is 8.00. The van der Waals surface area contributed by atoms with Gasteiger partial charge in [-0.25, -0.2) is 0 Å². The van der Waals surface area contributed by atoms with Crippen LogP contribution < -0.4 is 10.6 Å². The van der Waals surface area contributed by atoms with Crippen molar-refractivity contribution in [2.45, 2.75) is 43.0 Å². The van der Waals surface area contributed by atoms with Crippen molar-refractivity contribution in [3.8, 4) is 0 Å². The molecule has 1 amide bonds. The van der Waals surface area contributed by atoms with Gasteiger partial charge in [0.05, 0.1) is 10.7 Å². The monoisotopic (exact) mass is 385 g/mol. The van der Waals surface area contributed by atoms with Gasteiger partial charge in [-0.15, -0.1) is 11.8 Å². The third-order valence-electron chi connectivity index (χ3n) is 4.56. The highest BCUT2D eigenvalue weighted by Crippen LogP contribution is 2.24. The molecule has 0 radical (unpaired) electrons. The van der Waals surface area contributed by atoms with Crippen molar-refractivity contribution in [2.24, 2.45) is 0 Å². The van der Waals surface area contributed by atoms with E-state index in [9.17, 15) is 14.9 Å². The molecule has 0 bridgehead atoms. The van der Waals surface area contributed by atoms with Crippen LogP contribution >= 0.6 is 11.8 Å². The summed E-state index contributed by atoms with van der Waals surface area (Å²) >= 11 is 1.35. The van der Waals surface area contributed by atoms with E-state index in [0.717, 1.165) is 16.3 Å². The van der Waals surface area contributed by atoms with E-state index in [1.807, 2.05) is 24.3 Å². The maximum Gasteiger partial charge on any atom is 0.269 e. The average Bonchev–Trinajstić information content (AvgIpc) is 2.69. The van der Waals surface area contributed by atoms with Crippen molar-refractivity contribution in [1.82, 2.24) is 0 Å². The number of nitrogens with one attached hydrogen (secondary N) is 2. The summed E-state index contributed by atoms with van der Waals surface area (Å²) in [7, 11) is 0. The lowest BCUT2D eigenvalue weighted by molar-refractivity contribution is -0.384. The zero-order valence-corrected chi connectivity index (χ0v) is 15.8. The number of nitro groups is 1. The number of rotatable bonds is 7. The molecule has 2 aromatic rings. The summed E-state index contributed by atoms with van der Waals surface area (Å²) in [4.78, 5) is 23.1. The van der Waals surface area contributed by atoms with Crippen molar-refractivity contribution in [1.29, 1.82) is 0 Å². The summed E-state index contributed by atoms with van der Waals surface area (Å²) < 4.78 is 0. The summed E-state index contributed by atoms with van der Waals surface area (Å²) in [5.74, 6) is 0.145. The summed E-state index contributed by atoms with van der Waals surface area (Å²) in [6.07, 6.45) is 6.36. The van der Waals surface area contributed by atoms with E-state index in [1.165, 1.54) is 56.0 Å². The number of non-ortho nitro benzene ring substituents is 1. The van der Waals surface area contributed by atoms with E-state index in [-0.39, 0.29) is 17.3 Å². The van der Waals surface area contributed by atoms with Gasteiger partial charge in [0.25, 0.3) is 5.69 Å². The fourth-order valence-electron chi connectivity index (χ4n) is 3.14. The minimum absolute atomic E-state index is 0.0470. The van der Waals surface area contributed by atoms with Gasteiger partial charge < -0.3 is 10.6 Å². The van der Waals surface area contributed by atoms with E-state index in [2.05, 4.69) is 10.6 Å². The van der Waals surface area contributed by atoms with Gasteiger partial charge in [0.1, 0.15) is 0 Å². The lowest BCUT2D eigenvalue weighted by Gasteiger charge is -2.23. The second-order valence-corrected chi connectivity index (χ2v) is 7.69. The number of thioether (sulfide) groups is 1. The van der Waals surface area contributed by atoms with Gasteiger partial charge in [-0.1, -0.05) is 19.3 Å². The van der Waals surface area contributed by atoms with Crippen LogP contribution in [0.3, 0.4) is 0 Å². The van der Waals surface area contributed by atoms with Crippen molar-refractivity contribution in [3.05, 3.63) is 58.6 Å². The lowest BCUT2D eigenvalue weighted by Crippen LogP contribution is -2.22. The Kier molecular flexibility index (Phi) is 6.70. The molecule has 3 rings (SSSR count). The van der Waals surface area contributed by atoms with E-state index in [1.54, 1.807) is 12.1 Å². The molecule has 7 heteroatoms. The van der Waals surface area contributed by atoms with E-state index in [0.29, 0.717) is 6.04 Å². The van der Waals surface area contributed by atoms with Crippen LogP contribution in [-0.4, -0.2) is 22.6 Å². The van der Waals surface area contributed by atoms with Gasteiger partial charge in [-0.3, -0.25) is 14.9 Å². The Bertz CT molecular complexity index is 772. The maximum atomic E-state index is 12.1. The number of carbonyl (C=O) groups excluding carboxylic acids is 1. The molecule has 1 fully saturated rings. The minimum atomic E-state index is -0.437.